The minimum atomic E-state index is -0.564. The van der Waals surface area contributed by atoms with Crippen molar-refractivity contribution < 1.29 is 14.3 Å². The average Bonchev–Trinajstić information content (AvgIpc) is 2.37. The molecule has 0 atom stereocenters. The van der Waals surface area contributed by atoms with Crippen molar-refractivity contribution >= 4 is 11.9 Å². The number of rotatable bonds is 4. The molecule has 1 aliphatic rings. The fraction of sp³-hybridized carbons (Fsp3) is 0.400. The maximum absolute atomic E-state index is 11.1. The molecule has 0 saturated carbocycles. The third-order valence-corrected chi connectivity index (χ3v) is 1.96. The monoisotopic (exact) mass is 180 g/mol. The van der Waals surface area contributed by atoms with Gasteiger partial charge < -0.3 is 4.74 Å². The zero-order valence-electron chi connectivity index (χ0n) is 7.63. The zero-order chi connectivity index (χ0) is 9.84. The molecule has 70 valence electrons. The smallest absolute Gasteiger partial charge is 0.346 e. The van der Waals surface area contributed by atoms with E-state index in [0.29, 0.717) is 17.6 Å². The molecule has 0 fully saturated rings. The van der Waals surface area contributed by atoms with Crippen LogP contribution in [0.1, 0.15) is 26.2 Å². The van der Waals surface area contributed by atoms with Gasteiger partial charge in [-0.15, -0.1) is 0 Å². The number of ether oxygens (including phenoxy) is 1. The van der Waals surface area contributed by atoms with Gasteiger partial charge in [0.25, 0.3) is 0 Å². The van der Waals surface area contributed by atoms with Crippen LogP contribution in [-0.2, 0) is 14.3 Å². The third-order valence-electron chi connectivity index (χ3n) is 1.96. The van der Waals surface area contributed by atoms with Gasteiger partial charge in [-0.25, -0.2) is 9.59 Å². The highest BCUT2D eigenvalue weighted by Crippen LogP contribution is 2.22. The van der Waals surface area contributed by atoms with E-state index in [1.165, 1.54) is 6.08 Å². The van der Waals surface area contributed by atoms with Crippen LogP contribution in [0.15, 0.2) is 23.8 Å². The summed E-state index contributed by atoms with van der Waals surface area (Å²) in [7, 11) is 0. The molecular weight excluding hydrogens is 168 g/mol. The zero-order valence-corrected chi connectivity index (χ0v) is 7.63. The Balaban J connectivity index is 2.85. The predicted octanol–water partition coefficient (Wildman–Crippen LogP) is 1.74. The molecular formula is C10H12O3. The lowest BCUT2D eigenvalue weighted by molar-refractivity contribution is -0.151. The minimum absolute atomic E-state index is 0.332. The van der Waals surface area contributed by atoms with Crippen LogP contribution in [0, 0.1) is 0 Å². The Labute approximate surface area is 77.1 Å². The Morgan fingerprint density at radius 2 is 2.08 bits per heavy atom. The standard InChI is InChI=1S/C10H12O3/c1-3-5-6-8-7(4-2)9(11)13-10(8)12/h4H,2-3,5-6H2,1H3. The van der Waals surface area contributed by atoms with E-state index in [0.717, 1.165) is 12.8 Å². The van der Waals surface area contributed by atoms with Crippen LogP contribution in [0.2, 0.25) is 0 Å². The predicted molar refractivity (Wildman–Crippen MR) is 47.8 cm³/mol. The largest absolute Gasteiger partial charge is 0.386 e. The Morgan fingerprint density at radius 1 is 1.38 bits per heavy atom. The second-order valence-electron chi connectivity index (χ2n) is 2.88. The van der Waals surface area contributed by atoms with Crippen LogP contribution in [0.5, 0.6) is 0 Å². The first-order chi connectivity index (χ1) is 6.20. The van der Waals surface area contributed by atoms with Gasteiger partial charge in [0.1, 0.15) is 0 Å². The molecule has 1 aliphatic heterocycles. The molecule has 13 heavy (non-hydrogen) atoms. The first kappa shape index (κ1) is 9.71. The van der Waals surface area contributed by atoms with Gasteiger partial charge in [-0.2, -0.15) is 0 Å². The van der Waals surface area contributed by atoms with Crippen LogP contribution < -0.4 is 0 Å². The van der Waals surface area contributed by atoms with Gasteiger partial charge in [0, 0.05) is 0 Å². The van der Waals surface area contributed by atoms with E-state index in [-0.39, 0.29) is 0 Å². The van der Waals surface area contributed by atoms with Crippen LogP contribution >= 0.6 is 0 Å². The summed E-state index contributed by atoms with van der Waals surface area (Å²) in [5.41, 5.74) is 0.806. The van der Waals surface area contributed by atoms with E-state index < -0.39 is 11.9 Å². The average molecular weight is 180 g/mol. The van der Waals surface area contributed by atoms with Crippen LogP contribution in [0.25, 0.3) is 0 Å². The topological polar surface area (TPSA) is 43.4 Å². The molecule has 0 unspecified atom stereocenters. The van der Waals surface area contributed by atoms with Crippen molar-refractivity contribution in [3.8, 4) is 0 Å². The van der Waals surface area contributed by atoms with E-state index >= 15 is 0 Å². The lowest BCUT2D eigenvalue weighted by Gasteiger charge is -1.95. The molecule has 0 radical (unpaired) electrons. The summed E-state index contributed by atoms with van der Waals surface area (Å²) in [6.45, 7) is 5.50. The number of cyclic esters (lactones) is 2. The van der Waals surface area contributed by atoms with Crippen molar-refractivity contribution in [2.24, 2.45) is 0 Å². The van der Waals surface area contributed by atoms with Crippen molar-refractivity contribution in [1.82, 2.24) is 0 Å². The van der Waals surface area contributed by atoms with E-state index in [4.69, 9.17) is 0 Å². The first-order valence-corrected chi connectivity index (χ1v) is 4.32. The summed E-state index contributed by atoms with van der Waals surface area (Å²) in [5.74, 6) is -1.07. The Hall–Kier alpha value is -1.38. The lowest BCUT2D eigenvalue weighted by Crippen LogP contribution is -2.01. The summed E-state index contributed by atoms with van der Waals surface area (Å²) >= 11 is 0. The highest BCUT2D eigenvalue weighted by molar-refractivity contribution is 6.13. The number of unbranched alkanes of at least 4 members (excludes halogenated alkanes) is 1. The van der Waals surface area contributed by atoms with Gasteiger partial charge in [-0.05, 0) is 12.8 Å². The number of carbonyl (C=O) groups excluding carboxylic acids is 2. The first-order valence-electron chi connectivity index (χ1n) is 4.32. The van der Waals surface area contributed by atoms with Gasteiger partial charge in [0.05, 0.1) is 11.1 Å². The summed E-state index contributed by atoms with van der Waals surface area (Å²) in [4.78, 5) is 22.1. The summed E-state index contributed by atoms with van der Waals surface area (Å²) in [6.07, 6.45) is 3.85. The molecule has 0 aliphatic carbocycles. The quantitative estimate of drug-likeness (QED) is 0.489. The maximum atomic E-state index is 11.1. The molecule has 0 aromatic rings. The highest BCUT2D eigenvalue weighted by atomic mass is 16.6. The normalized spacial score (nSPS) is 16.4. The SMILES string of the molecule is C=CC1=C(CCCC)C(=O)OC1=O. The number of esters is 2. The molecule has 0 aromatic carbocycles. The minimum Gasteiger partial charge on any atom is -0.386 e. The molecule has 0 saturated heterocycles. The summed E-state index contributed by atoms with van der Waals surface area (Å²) in [6, 6.07) is 0. The van der Waals surface area contributed by atoms with Crippen LogP contribution in [0.4, 0.5) is 0 Å². The van der Waals surface area contributed by atoms with Gasteiger partial charge in [0.15, 0.2) is 0 Å². The van der Waals surface area contributed by atoms with E-state index in [1.807, 2.05) is 6.92 Å². The van der Waals surface area contributed by atoms with Crippen molar-refractivity contribution in [3.05, 3.63) is 23.8 Å². The van der Waals surface area contributed by atoms with Crippen molar-refractivity contribution in [1.29, 1.82) is 0 Å². The van der Waals surface area contributed by atoms with Crippen LogP contribution in [0.3, 0.4) is 0 Å². The van der Waals surface area contributed by atoms with Gasteiger partial charge >= 0.3 is 11.9 Å². The van der Waals surface area contributed by atoms with Crippen LogP contribution in [-0.4, -0.2) is 11.9 Å². The van der Waals surface area contributed by atoms with Gasteiger partial charge in [-0.3, -0.25) is 0 Å². The Kier molecular flexibility index (Phi) is 3.01. The van der Waals surface area contributed by atoms with Gasteiger partial charge in [-0.1, -0.05) is 26.0 Å². The fourth-order valence-electron chi connectivity index (χ4n) is 1.23. The second kappa shape index (κ2) is 4.03. The fourth-order valence-corrected chi connectivity index (χ4v) is 1.23. The molecule has 0 bridgehead atoms. The Morgan fingerprint density at radius 3 is 2.62 bits per heavy atom. The molecule has 0 aromatic heterocycles. The molecule has 0 amide bonds. The van der Waals surface area contributed by atoms with Gasteiger partial charge in [0.2, 0.25) is 0 Å². The number of hydrogen-bond donors (Lipinski definition) is 0. The molecule has 1 heterocycles. The second-order valence-corrected chi connectivity index (χ2v) is 2.88. The lowest BCUT2D eigenvalue weighted by atomic mass is 10.0. The summed E-state index contributed by atoms with van der Waals surface area (Å²) < 4.78 is 4.45. The van der Waals surface area contributed by atoms with Crippen molar-refractivity contribution in [2.75, 3.05) is 0 Å². The molecule has 3 heteroatoms. The molecule has 0 N–H and O–H groups in total. The Bertz CT molecular complexity index is 287. The third kappa shape index (κ3) is 1.86. The summed E-state index contributed by atoms with van der Waals surface area (Å²) in [5, 5.41) is 0. The number of hydrogen-bond acceptors (Lipinski definition) is 3. The molecule has 1 rings (SSSR count). The maximum Gasteiger partial charge on any atom is 0.346 e. The van der Waals surface area contributed by atoms with E-state index in [2.05, 4.69) is 11.3 Å². The van der Waals surface area contributed by atoms with E-state index in [1.54, 1.807) is 0 Å². The van der Waals surface area contributed by atoms with Crippen molar-refractivity contribution in [2.45, 2.75) is 26.2 Å². The van der Waals surface area contributed by atoms with Crippen molar-refractivity contribution in [3.63, 3.8) is 0 Å². The highest BCUT2D eigenvalue weighted by Gasteiger charge is 2.29. The van der Waals surface area contributed by atoms with E-state index in [9.17, 15) is 9.59 Å². The molecule has 3 nitrogen and oxygen atoms in total. The number of carbonyl (C=O) groups is 2. The molecule has 0 spiro atoms.